The molecule has 112 valence electrons. The lowest BCUT2D eigenvalue weighted by Gasteiger charge is -2.05. The molecule has 0 radical (unpaired) electrons. The number of fused-ring (bicyclic) bond motifs is 1. The molecule has 0 aliphatic rings. The molecular formula is C18H20N4. The molecular weight excluding hydrogens is 272 g/mol. The Bertz CT molecular complexity index is 859. The minimum atomic E-state index is 0.792. The van der Waals surface area contributed by atoms with E-state index >= 15 is 0 Å². The number of rotatable bonds is 3. The molecule has 0 spiro atoms. The normalized spacial score (nSPS) is 11.6. The summed E-state index contributed by atoms with van der Waals surface area (Å²) in [5.41, 5.74) is 6.31. The molecule has 22 heavy (non-hydrogen) atoms. The van der Waals surface area contributed by atoms with E-state index in [9.17, 15) is 0 Å². The second-order valence-corrected chi connectivity index (χ2v) is 5.59. The lowest BCUT2D eigenvalue weighted by molar-refractivity contribution is 1.06. The summed E-state index contributed by atoms with van der Waals surface area (Å²) < 4.78 is 1.98. The Labute approximate surface area is 130 Å². The molecule has 0 fully saturated rings. The number of hydrogen-bond donors (Lipinski definition) is 0. The number of hydrogen-bond acceptors (Lipinski definition) is 3. The van der Waals surface area contributed by atoms with Crippen LogP contribution in [0.15, 0.2) is 46.8 Å². The van der Waals surface area contributed by atoms with E-state index in [1.807, 2.05) is 17.5 Å². The molecule has 3 rings (SSSR count). The van der Waals surface area contributed by atoms with Crippen molar-refractivity contribution in [3.8, 4) is 0 Å². The van der Waals surface area contributed by atoms with Crippen molar-refractivity contribution in [2.24, 2.45) is 10.2 Å². The summed E-state index contributed by atoms with van der Waals surface area (Å²) in [6.45, 7) is 8.23. The van der Waals surface area contributed by atoms with Crippen molar-refractivity contribution >= 4 is 17.2 Å². The quantitative estimate of drug-likeness (QED) is 0.609. The standard InChI is InChI=1S/C18H20N4/c1-5-15-8-6-7-13(3)17(15)20-21-18-14(4)19-16-11-12(2)9-10-22(16)18/h6-11H,5H2,1-4H3. The summed E-state index contributed by atoms with van der Waals surface area (Å²) in [5, 5.41) is 9.01. The average molecular weight is 292 g/mol. The number of aromatic nitrogens is 2. The van der Waals surface area contributed by atoms with E-state index in [4.69, 9.17) is 0 Å². The maximum absolute atomic E-state index is 4.56. The van der Waals surface area contributed by atoms with Crippen molar-refractivity contribution in [1.82, 2.24) is 9.38 Å². The molecule has 0 saturated carbocycles. The first-order chi connectivity index (χ1) is 10.6. The lowest BCUT2D eigenvalue weighted by Crippen LogP contribution is -1.85. The van der Waals surface area contributed by atoms with Gasteiger partial charge in [0.25, 0.3) is 0 Å². The number of imidazole rings is 1. The highest BCUT2D eigenvalue weighted by Crippen LogP contribution is 2.28. The van der Waals surface area contributed by atoms with E-state index in [0.29, 0.717) is 0 Å². The van der Waals surface area contributed by atoms with Crippen LogP contribution in [0.5, 0.6) is 0 Å². The molecule has 4 nitrogen and oxygen atoms in total. The molecule has 2 aromatic heterocycles. The first-order valence-corrected chi connectivity index (χ1v) is 7.55. The van der Waals surface area contributed by atoms with Crippen LogP contribution < -0.4 is 0 Å². The van der Waals surface area contributed by atoms with E-state index in [1.54, 1.807) is 0 Å². The molecule has 0 aliphatic carbocycles. The SMILES string of the molecule is CCc1cccc(C)c1N=Nc1c(C)nc2cc(C)ccn12. The second kappa shape index (κ2) is 5.72. The van der Waals surface area contributed by atoms with Crippen LogP contribution in [0.3, 0.4) is 0 Å². The van der Waals surface area contributed by atoms with Gasteiger partial charge in [-0.3, -0.25) is 4.40 Å². The van der Waals surface area contributed by atoms with Gasteiger partial charge >= 0.3 is 0 Å². The van der Waals surface area contributed by atoms with E-state index < -0.39 is 0 Å². The van der Waals surface area contributed by atoms with E-state index in [0.717, 1.165) is 34.8 Å². The van der Waals surface area contributed by atoms with Gasteiger partial charge < -0.3 is 0 Å². The zero-order valence-corrected chi connectivity index (χ0v) is 13.5. The van der Waals surface area contributed by atoms with E-state index in [-0.39, 0.29) is 0 Å². The Morgan fingerprint density at radius 1 is 1.09 bits per heavy atom. The summed E-state index contributed by atoms with van der Waals surface area (Å²) in [6, 6.07) is 10.3. The molecule has 2 heterocycles. The summed E-state index contributed by atoms with van der Waals surface area (Å²) in [5.74, 6) is 0.792. The van der Waals surface area contributed by atoms with Gasteiger partial charge in [0.2, 0.25) is 0 Å². The monoisotopic (exact) mass is 292 g/mol. The summed E-state index contributed by atoms with van der Waals surface area (Å²) in [4.78, 5) is 4.56. The van der Waals surface area contributed by atoms with Crippen molar-refractivity contribution < 1.29 is 0 Å². The molecule has 0 N–H and O–H groups in total. The number of nitrogens with zero attached hydrogens (tertiary/aromatic N) is 4. The Morgan fingerprint density at radius 2 is 1.91 bits per heavy atom. The Kier molecular flexibility index (Phi) is 3.75. The first kappa shape index (κ1) is 14.4. The maximum Gasteiger partial charge on any atom is 0.182 e. The summed E-state index contributed by atoms with van der Waals surface area (Å²) in [7, 11) is 0. The fourth-order valence-electron chi connectivity index (χ4n) is 2.62. The molecule has 3 aromatic rings. The van der Waals surface area contributed by atoms with Gasteiger partial charge in [-0.1, -0.05) is 25.1 Å². The third-order valence-electron chi connectivity index (χ3n) is 3.87. The highest BCUT2D eigenvalue weighted by Gasteiger charge is 2.09. The van der Waals surface area contributed by atoms with Crippen LogP contribution in [-0.2, 0) is 6.42 Å². The molecule has 4 heteroatoms. The predicted molar refractivity (Wildman–Crippen MR) is 89.4 cm³/mol. The number of aryl methyl sites for hydroxylation is 4. The average Bonchev–Trinajstić information content (AvgIpc) is 2.80. The highest BCUT2D eigenvalue weighted by atomic mass is 15.2. The smallest absolute Gasteiger partial charge is 0.182 e. The molecule has 0 unspecified atom stereocenters. The van der Waals surface area contributed by atoms with Gasteiger partial charge in [-0.15, -0.1) is 10.2 Å². The van der Waals surface area contributed by atoms with Gasteiger partial charge in [0.1, 0.15) is 5.65 Å². The molecule has 0 bridgehead atoms. The minimum Gasteiger partial charge on any atom is -0.283 e. The molecule has 0 aliphatic heterocycles. The van der Waals surface area contributed by atoms with Crippen molar-refractivity contribution in [3.63, 3.8) is 0 Å². The second-order valence-electron chi connectivity index (χ2n) is 5.59. The third kappa shape index (κ3) is 2.52. The highest BCUT2D eigenvalue weighted by molar-refractivity contribution is 5.55. The van der Waals surface area contributed by atoms with Gasteiger partial charge in [-0.25, -0.2) is 4.98 Å². The fourth-order valence-corrected chi connectivity index (χ4v) is 2.62. The van der Waals surface area contributed by atoms with Gasteiger partial charge in [-0.2, -0.15) is 0 Å². The van der Waals surface area contributed by atoms with Gasteiger partial charge in [-0.05, 0) is 56.0 Å². The van der Waals surface area contributed by atoms with Crippen LogP contribution in [-0.4, -0.2) is 9.38 Å². The largest absolute Gasteiger partial charge is 0.283 e. The summed E-state index contributed by atoms with van der Waals surface area (Å²) >= 11 is 0. The number of pyridine rings is 1. The maximum atomic E-state index is 4.56. The number of benzene rings is 1. The van der Waals surface area contributed by atoms with Crippen molar-refractivity contribution in [2.45, 2.75) is 34.1 Å². The molecule has 1 aromatic carbocycles. The van der Waals surface area contributed by atoms with Crippen LogP contribution in [0.25, 0.3) is 5.65 Å². The minimum absolute atomic E-state index is 0.792. The van der Waals surface area contributed by atoms with Crippen molar-refractivity contribution in [1.29, 1.82) is 0 Å². The first-order valence-electron chi connectivity index (χ1n) is 7.55. The molecule has 0 saturated heterocycles. The van der Waals surface area contributed by atoms with Crippen LogP contribution >= 0.6 is 0 Å². The van der Waals surface area contributed by atoms with Crippen molar-refractivity contribution in [3.05, 3.63) is 58.9 Å². The molecule has 0 atom stereocenters. The zero-order valence-electron chi connectivity index (χ0n) is 13.5. The van der Waals surface area contributed by atoms with Gasteiger partial charge in [0.05, 0.1) is 11.4 Å². The zero-order chi connectivity index (χ0) is 15.7. The van der Waals surface area contributed by atoms with Crippen LogP contribution in [0, 0.1) is 20.8 Å². The van der Waals surface area contributed by atoms with Crippen LogP contribution in [0.2, 0.25) is 0 Å². The Balaban J connectivity index is 2.09. The van der Waals surface area contributed by atoms with Gasteiger partial charge in [0.15, 0.2) is 5.82 Å². The summed E-state index contributed by atoms with van der Waals surface area (Å²) in [6.07, 6.45) is 2.94. The molecule has 0 amide bonds. The van der Waals surface area contributed by atoms with E-state index in [2.05, 4.69) is 66.3 Å². The predicted octanol–water partition coefficient (Wildman–Crippen LogP) is 5.24. The fraction of sp³-hybridized carbons (Fsp3) is 0.278. The topological polar surface area (TPSA) is 42.0 Å². The van der Waals surface area contributed by atoms with Crippen LogP contribution in [0.1, 0.15) is 29.3 Å². The Hall–Kier alpha value is -2.49. The third-order valence-corrected chi connectivity index (χ3v) is 3.87. The number of azo groups is 1. The Morgan fingerprint density at radius 3 is 2.68 bits per heavy atom. The van der Waals surface area contributed by atoms with Gasteiger partial charge in [0, 0.05) is 6.20 Å². The lowest BCUT2D eigenvalue weighted by atomic mass is 10.1. The van der Waals surface area contributed by atoms with Crippen LogP contribution in [0.4, 0.5) is 11.5 Å². The van der Waals surface area contributed by atoms with E-state index in [1.165, 1.54) is 11.1 Å². The van der Waals surface area contributed by atoms with Crippen molar-refractivity contribution in [2.75, 3.05) is 0 Å².